The first kappa shape index (κ1) is 41.3. The number of carbonyl (C=O) groups excluding carboxylic acids is 3. The van der Waals surface area contributed by atoms with Gasteiger partial charge in [0.15, 0.2) is 11.6 Å². The lowest BCUT2D eigenvalue weighted by Crippen LogP contribution is -2.51. The second-order valence-corrected chi connectivity index (χ2v) is 17.6. The minimum Gasteiger partial charge on any atom is -0.507 e. The first-order chi connectivity index (χ1) is 29.9. The molecule has 15 heteroatoms. The van der Waals surface area contributed by atoms with Crippen LogP contribution in [0.25, 0.3) is 22.2 Å². The van der Waals surface area contributed by atoms with Gasteiger partial charge in [0.1, 0.15) is 11.4 Å². The van der Waals surface area contributed by atoms with Crippen molar-refractivity contribution in [1.29, 1.82) is 0 Å². The van der Waals surface area contributed by atoms with Crippen molar-refractivity contribution in [1.82, 2.24) is 29.9 Å². The minimum absolute atomic E-state index is 0.0767. The fraction of sp³-hybridized carbons (Fsp3) is 0.426. The molecule has 1 atom stereocenters. The van der Waals surface area contributed by atoms with Gasteiger partial charge in [-0.25, -0.2) is 13.6 Å². The summed E-state index contributed by atoms with van der Waals surface area (Å²) in [6, 6.07) is 17.8. The number of halogens is 2. The smallest absolute Gasteiger partial charge is 0.328 e. The van der Waals surface area contributed by atoms with Gasteiger partial charge in [0, 0.05) is 106 Å². The highest BCUT2D eigenvalue weighted by Gasteiger charge is 2.39. The third-order valence-corrected chi connectivity index (χ3v) is 13.6. The van der Waals surface area contributed by atoms with Gasteiger partial charge >= 0.3 is 6.03 Å². The van der Waals surface area contributed by atoms with Crippen LogP contribution in [0.1, 0.15) is 84.0 Å². The number of anilines is 3. The number of nitrogens with two attached hydrogens (primary N) is 1. The number of alkyl halides is 1. The van der Waals surface area contributed by atoms with Crippen LogP contribution in [-0.4, -0.2) is 106 Å². The van der Waals surface area contributed by atoms with Crippen molar-refractivity contribution < 1.29 is 28.3 Å². The summed E-state index contributed by atoms with van der Waals surface area (Å²) in [4.78, 5) is 45.4. The van der Waals surface area contributed by atoms with E-state index in [2.05, 4.69) is 35.9 Å². The molecule has 9 rings (SSSR count). The lowest BCUT2D eigenvalue weighted by molar-refractivity contribution is -0.120. The zero-order valence-electron chi connectivity index (χ0n) is 35.2. The van der Waals surface area contributed by atoms with E-state index in [1.807, 2.05) is 50.4 Å². The molecule has 4 saturated heterocycles. The number of para-hydroxylation sites is 1. The number of imide groups is 1. The van der Waals surface area contributed by atoms with Crippen LogP contribution in [0.2, 0.25) is 0 Å². The number of rotatable bonds is 8. The Balaban J connectivity index is 0.787. The fourth-order valence-corrected chi connectivity index (χ4v) is 10.2. The second-order valence-electron chi connectivity index (χ2n) is 17.6. The Morgan fingerprint density at radius 2 is 1.69 bits per heavy atom. The van der Waals surface area contributed by atoms with Gasteiger partial charge in [-0.05, 0) is 98.7 Å². The maximum absolute atomic E-state index is 16.4. The van der Waals surface area contributed by atoms with E-state index in [9.17, 15) is 19.5 Å². The number of nitrogens with zero attached hydrogens (tertiary/aromatic N) is 7. The molecule has 4 aliphatic rings. The molecule has 4 amide bonds. The molecule has 2 aromatic heterocycles. The number of likely N-dealkylation sites (tertiary alicyclic amines) is 2. The number of carbonyl (C=O) groups is 3. The average Bonchev–Trinajstić information content (AvgIpc) is 3.61. The van der Waals surface area contributed by atoms with Crippen molar-refractivity contribution in [3.05, 3.63) is 94.9 Å². The summed E-state index contributed by atoms with van der Waals surface area (Å²) in [7, 11) is 0. The summed E-state index contributed by atoms with van der Waals surface area (Å²) in [5, 5.41) is 21.6. The van der Waals surface area contributed by atoms with Crippen LogP contribution in [0.15, 0.2) is 66.9 Å². The van der Waals surface area contributed by atoms with E-state index in [-0.39, 0.29) is 61.0 Å². The largest absolute Gasteiger partial charge is 0.507 e. The third-order valence-electron chi connectivity index (χ3n) is 13.6. The molecule has 4 fully saturated rings. The number of benzene rings is 3. The number of aromatic hydroxyl groups is 1. The molecule has 0 aliphatic carbocycles. The zero-order chi connectivity index (χ0) is 43.3. The number of phenolic OH excluding ortho intramolecular Hbond substituents is 1. The summed E-state index contributed by atoms with van der Waals surface area (Å²) in [6.45, 7) is 8.01. The molecule has 5 aromatic rings. The summed E-state index contributed by atoms with van der Waals surface area (Å²) >= 11 is 0. The molecule has 324 valence electrons. The number of nitrogens with one attached hydrogen (secondary N) is 1. The van der Waals surface area contributed by atoms with Gasteiger partial charge in [-0.15, -0.1) is 10.2 Å². The Morgan fingerprint density at radius 3 is 2.44 bits per heavy atom. The lowest BCUT2D eigenvalue weighted by atomic mass is 9.86. The fourth-order valence-electron chi connectivity index (χ4n) is 10.2. The van der Waals surface area contributed by atoms with Gasteiger partial charge < -0.3 is 30.1 Å². The van der Waals surface area contributed by atoms with E-state index in [1.165, 1.54) is 10.5 Å². The van der Waals surface area contributed by atoms with Crippen LogP contribution < -0.4 is 20.9 Å². The quantitative estimate of drug-likeness (QED) is 0.147. The molecule has 0 radical (unpaired) electrons. The van der Waals surface area contributed by atoms with Gasteiger partial charge in [0.2, 0.25) is 5.91 Å². The van der Waals surface area contributed by atoms with E-state index in [1.54, 1.807) is 29.2 Å². The van der Waals surface area contributed by atoms with Gasteiger partial charge in [0.05, 0.1) is 22.6 Å². The van der Waals surface area contributed by atoms with Crippen molar-refractivity contribution in [2.24, 2.45) is 0 Å². The number of amides is 4. The van der Waals surface area contributed by atoms with E-state index < -0.39 is 17.5 Å². The standard InChI is InChI=1S/C47H53F2N9O4/c1-29-24-31(9-10-34(29)32-6-5-18-56(27-32)39-25-36(52-53-44(39)50)35-7-3-4-8-40(35)59)45(61)55-22-16-47(49,17-23-55)28-54-19-13-33(14-20-54)58-26-30(2)42-37(58)11-12-38(43(42)48)57-21-15-41(60)51-46(57)62/h3-4,7-12,24-26,32-33,59H,5-6,13-23,27-28H2,1-2H3,(H2,50,53)(H,51,60,62)/t32-/m0/s1. The molecule has 0 saturated carbocycles. The zero-order valence-corrected chi connectivity index (χ0v) is 35.2. The topological polar surface area (TPSA) is 153 Å². The van der Waals surface area contributed by atoms with Crippen molar-refractivity contribution in [2.75, 3.05) is 67.9 Å². The highest BCUT2D eigenvalue weighted by atomic mass is 19.1. The van der Waals surface area contributed by atoms with Crippen LogP contribution >= 0.6 is 0 Å². The van der Waals surface area contributed by atoms with Gasteiger partial charge in [-0.3, -0.25) is 19.8 Å². The predicted molar refractivity (Wildman–Crippen MR) is 235 cm³/mol. The highest BCUT2D eigenvalue weighted by Crippen LogP contribution is 2.39. The molecule has 6 heterocycles. The number of urea groups is 1. The number of aromatic nitrogens is 3. The summed E-state index contributed by atoms with van der Waals surface area (Å²) in [6.07, 6.45) is 6.15. The van der Waals surface area contributed by atoms with Crippen LogP contribution in [0, 0.1) is 19.7 Å². The van der Waals surface area contributed by atoms with Crippen molar-refractivity contribution in [2.45, 2.75) is 76.4 Å². The maximum atomic E-state index is 16.4. The lowest BCUT2D eigenvalue weighted by Gasteiger charge is -2.41. The van der Waals surface area contributed by atoms with E-state index >= 15 is 8.78 Å². The Bertz CT molecular complexity index is 2550. The first-order valence-corrected chi connectivity index (χ1v) is 21.7. The van der Waals surface area contributed by atoms with Crippen molar-refractivity contribution >= 4 is 45.9 Å². The van der Waals surface area contributed by atoms with E-state index in [4.69, 9.17) is 5.73 Å². The number of piperidine rings is 3. The monoisotopic (exact) mass is 845 g/mol. The number of fused-ring (bicyclic) bond motifs is 1. The van der Waals surface area contributed by atoms with Crippen molar-refractivity contribution in [3.63, 3.8) is 0 Å². The number of nitrogen functional groups attached to an aromatic ring is 1. The highest BCUT2D eigenvalue weighted by molar-refractivity contribution is 6.06. The molecule has 62 heavy (non-hydrogen) atoms. The molecule has 0 spiro atoms. The van der Waals surface area contributed by atoms with Crippen LogP contribution in [-0.2, 0) is 4.79 Å². The average molecular weight is 846 g/mol. The molecular formula is C47H53F2N9O4. The Labute approximate surface area is 359 Å². The van der Waals surface area contributed by atoms with Crippen molar-refractivity contribution in [3.8, 4) is 17.0 Å². The predicted octanol–water partition coefficient (Wildman–Crippen LogP) is 7.25. The summed E-state index contributed by atoms with van der Waals surface area (Å²) in [5.74, 6) is -0.233. The van der Waals surface area contributed by atoms with Crippen LogP contribution in [0.5, 0.6) is 5.75 Å². The molecule has 13 nitrogen and oxygen atoms in total. The van der Waals surface area contributed by atoms with Crippen LogP contribution in [0.3, 0.4) is 0 Å². The number of phenols is 1. The Kier molecular flexibility index (Phi) is 11.1. The first-order valence-electron chi connectivity index (χ1n) is 21.7. The molecule has 0 bridgehead atoms. The van der Waals surface area contributed by atoms with Gasteiger partial charge in [0.25, 0.3) is 5.91 Å². The summed E-state index contributed by atoms with van der Waals surface area (Å²) < 4.78 is 34.5. The normalized spacial score (nSPS) is 20.2. The van der Waals surface area contributed by atoms with Crippen LogP contribution in [0.4, 0.5) is 30.8 Å². The second kappa shape index (κ2) is 16.6. The van der Waals surface area contributed by atoms with Gasteiger partial charge in [-0.2, -0.15) is 0 Å². The Morgan fingerprint density at radius 1 is 0.919 bits per heavy atom. The molecule has 4 N–H and O–H groups in total. The van der Waals surface area contributed by atoms with Gasteiger partial charge in [-0.1, -0.05) is 18.2 Å². The SMILES string of the molecule is Cc1cc(C(=O)N2CCC(F)(CN3CCC(n4cc(C)c5c(F)c(N6CCC(=O)NC6=O)ccc54)CC3)CC2)ccc1[C@H]1CCCN(c2cc(-c3ccccc3O)nnc2N)C1. The molecule has 4 aliphatic heterocycles. The van der Waals surface area contributed by atoms with E-state index in [0.717, 1.165) is 61.1 Å². The number of hydrogen-bond acceptors (Lipinski definition) is 9. The molecular weight excluding hydrogens is 793 g/mol. The minimum atomic E-state index is -1.39. The number of hydrogen-bond donors (Lipinski definition) is 3. The maximum Gasteiger partial charge on any atom is 0.328 e. The Hall–Kier alpha value is -6.09. The number of aryl methyl sites for hydroxylation is 2. The molecule has 0 unspecified atom stereocenters. The summed E-state index contributed by atoms with van der Waals surface area (Å²) in [5.41, 5.74) is 11.4. The molecule has 3 aromatic carbocycles. The third kappa shape index (κ3) is 7.94. The van der Waals surface area contributed by atoms with E-state index in [0.29, 0.717) is 60.7 Å².